The Morgan fingerprint density at radius 1 is 1.16 bits per heavy atom. The largest absolute Gasteiger partial charge is 0.494 e. The predicted molar refractivity (Wildman–Crippen MR) is 75.4 cm³/mol. The second-order valence-corrected chi connectivity index (χ2v) is 4.83. The summed E-state index contributed by atoms with van der Waals surface area (Å²) in [5.74, 6) is -0.309. The summed E-state index contributed by atoms with van der Waals surface area (Å²) in [6.07, 6.45) is 0. The van der Waals surface area contributed by atoms with Gasteiger partial charge in [0.25, 0.3) is 0 Å². The molecule has 1 unspecified atom stereocenters. The Morgan fingerprint density at radius 3 is 2.53 bits per heavy atom. The fraction of sp³-hybridized carbons (Fsp3) is 0.143. The lowest BCUT2D eigenvalue weighted by atomic mass is 9.99. The summed E-state index contributed by atoms with van der Waals surface area (Å²) in [6, 6.07) is 9.20. The number of ether oxygens (including phenoxy) is 1. The van der Waals surface area contributed by atoms with Gasteiger partial charge < -0.3 is 10.5 Å². The van der Waals surface area contributed by atoms with Crippen molar-refractivity contribution in [3.05, 3.63) is 63.4 Å². The van der Waals surface area contributed by atoms with E-state index in [9.17, 15) is 4.39 Å². The molecule has 2 nitrogen and oxygen atoms in total. The molecule has 2 aromatic rings. The van der Waals surface area contributed by atoms with Gasteiger partial charge in [-0.05, 0) is 23.8 Å². The van der Waals surface area contributed by atoms with Crippen molar-refractivity contribution in [1.29, 1.82) is 0 Å². The summed E-state index contributed by atoms with van der Waals surface area (Å²) in [5.41, 5.74) is 7.09. The van der Waals surface area contributed by atoms with Gasteiger partial charge in [-0.3, -0.25) is 0 Å². The molecule has 2 N–H and O–H groups in total. The van der Waals surface area contributed by atoms with Gasteiger partial charge in [-0.25, -0.2) is 4.39 Å². The van der Waals surface area contributed by atoms with E-state index in [1.54, 1.807) is 36.4 Å². The van der Waals surface area contributed by atoms with Crippen molar-refractivity contribution in [2.75, 3.05) is 7.11 Å². The van der Waals surface area contributed by atoms with Gasteiger partial charge in [0.1, 0.15) is 0 Å². The molecule has 0 fully saturated rings. The molecule has 1 atom stereocenters. The molecule has 5 heteroatoms. The third-order valence-electron chi connectivity index (χ3n) is 2.85. The lowest BCUT2D eigenvalue weighted by Gasteiger charge is -2.15. The van der Waals surface area contributed by atoms with E-state index >= 15 is 0 Å². The molecular formula is C14H12Cl2FNO. The van der Waals surface area contributed by atoms with Gasteiger partial charge in [-0.2, -0.15) is 0 Å². The lowest BCUT2D eigenvalue weighted by molar-refractivity contribution is 0.383. The van der Waals surface area contributed by atoms with E-state index < -0.39 is 11.9 Å². The lowest BCUT2D eigenvalue weighted by Crippen LogP contribution is -2.14. The van der Waals surface area contributed by atoms with Gasteiger partial charge in [-0.15, -0.1) is 0 Å². The summed E-state index contributed by atoms with van der Waals surface area (Å²) >= 11 is 11.8. The molecule has 0 spiro atoms. The molecule has 0 aliphatic rings. The van der Waals surface area contributed by atoms with Crippen LogP contribution in [-0.2, 0) is 0 Å². The third kappa shape index (κ3) is 2.84. The van der Waals surface area contributed by atoms with Gasteiger partial charge in [-0.1, -0.05) is 41.4 Å². The highest BCUT2D eigenvalue weighted by atomic mass is 35.5. The van der Waals surface area contributed by atoms with E-state index in [1.165, 1.54) is 7.11 Å². The Hall–Kier alpha value is -1.29. The second-order valence-electron chi connectivity index (χ2n) is 4.01. The molecule has 0 aliphatic carbocycles. The highest BCUT2D eigenvalue weighted by Gasteiger charge is 2.17. The number of methoxy groups -OCH3 is 1. The van der Waals surface area contributed by atoms with Crippen LogP contribution in [-0.4, -0.2) is 7.11 Å². The SMILES string of the molecule is COc1cccc(C(N)c2ccc(Cl)c(Cl)c2)c1F. The first kappa shape index (κ1) is 14.1. The number of halogens is 3. The van der Waals surface area contributed by atoms with Crippen LogP contribution >= 0.6 is 23.2 Å². The monoisotopic (exact) mass is 299 g/mol. The summed E-state index contributed by atoms with van der Waals surface area (Å²) in [5, 5.41) is 0.821. The van der Waals surface area contributed by atoms with Crippen LogP contribution in [0.5, 0.6) is 5.75 Å². The molecule has 100 valence electrons. The topological polar surface area (TPSA) is 35.2 Å². The van der Waals surface area contributed by atoms with Crippen molar-refractivity contribution >= 4 is 23.2 Å². The summed E-state index contributed by atoms with van der Waals surface area (Å²) in [7, 11) is 1.41. The standard InChI is InChI=1S/C14H12Cl2FNO/c1-19-12-4-2-3-9(13(12)17)14(18)8-5-6-10(15)11(16)7-8/h2-7,14H,18H2,1H3. The first-order valence-corrected chi connectivity index (χ1v) is 6.33. The van der Waals surface area contributed by atoms with Crippen molar-refractivity contribution in [3.63, 3.8) is 0 Å². The van der Waals surface area contributed by atoms with E-state index in [1.807, 2.05) is 0 Å². The van der Waals surface area contributed by atoms with Crippen LogP contribution in [0.25, 0.3) is 0 Å². The summed E-state index contributed by atoms with van der Waals surface area (Å²) in [4.78, 5) is 0. The van der Waals surface area contributed by atoms with Crippen LogP contribution in [0.15, 0.2) is 36.4 Å². The van der Waals surface area contributed by atoms with Crippen LogP contribution in [0, 0.1) is 5.82 Å². The van der Waals surface area contributed by atoms with E-state index in [-0.39, 0.29) is 5.75 Å². The average Bonchev–Trinajstić information content (AvgIpc) is 2.41. The zero-order valence-corrected chi connectivity index (χ0v) is 11.7. The minimum atomic E-state index is -0.634. The van der Waals surface area contributed by atoms with E-state index in [0.29, 0.717) is 21.2 Å². The minimum absolute atomic E-state index is 0.160. The first-order chi connectivity index (χ1) is 9.04. The Labute approximate surface area is 120 Å². The number of hydrogen-bond acceptors (Lipinski definition) is 2. The third-order valence-corrected chi connectivity index (χ3v) is 3.59. The molecule has 0 saturated carbocycles. The maximum atomic E-state index is 14.1. The highest BCUT2D eigenvalue weighted by molar-refractivity contribution is 6.42. The molecule has 0 aromatic heterocycles. The number of rotatable bonds is 3. The quantitative estimate of drug-likeness (QED) is 0.922. The Morgan fingerprint density at radius 2 is 1.89 bits per heavy atom. The van der Waals surface area contributed by atoms with Gasteiger partial charge in [0, 0.05) is 5.56 Å². The second kappa shape index (κ2) is 5.78. The van der Waals surface area contributed by atoms with Crippen molar-refractivity contribution in [2.24, 2.45) is 5.73 Å². The molecule has 2 aromatic carbocycles. The van der Waals surface area contributed by atoms with E-state index in [2.05, 4.69) is 0 Å². The molecule has 0 saturated heterocycles. The predicted octanol–water partition coefficient (Wildman–Crippen LogP) is 4.19. The number of benzene rings is 2. The fourth-order valence-corrected chi connectivity index (χ4v) is 2.12. The number of nitrogens with two attached hydrogens (primary N) is 1. The van der Waals surface area contributed by atoms with Crippen LogP contribution < -0.4 is 10.5 Å². The molecule has 2 rings (SSSR count). The zero-order chi connectivity index (χ0) is 14.0. The van der Waals surface area contributed by atoms with Gasteiger partial charge >= 0.3 is 0 Å². The minimum Gasteiger partial charge on any atom is -0.494 e. The van der Waals surface area contributed by atoms with Gasteiger partial charge in [0.05, 0.1) is 23.2 Å². The van der Waals surface area contributed by atoms with Crippen molar-refractivity contribution in [3.8, 4) is 5.75 Å². The molecular weight excluding hydrogens is 288 g/mol. The van der Waals surface area contributed by atoms with Crippen LogP contribution in [0.2, 0.25) is 10.0 Å². The first-order valence-electron chi connectivity index (χ1n) is 5.57. The maximum Gasteiger partial charge on any atom is 0.170 e. The van der Waals surface area contributed by atoms with E-state index in [4.69, 9.17) is 33.7 Å². The summed E-state index contributed by atoms with van der Waals surface area (Å²) in [6.45, 7) is 0. The Kier molecular flexibility index (Phi) is 4.30. The van der Waals surface area contributed by atoms with Crippen LogP contribution in [0.1, 0.15) is 17.2 Å². The Bertz CT molecular complexity index is 604. The van der Waals surface area contributed by atoms with Crippen molar-refractivity contribution in [2.45, 2.75) is 6.04 Å². The normalized spacial score (nSPS) is 12.3. The highest BCUT2D eigenvalue weighted by Crippen LogP contribution is 2.31. The van der Waals surface area contributed by atoms with Gasteiger partial charge in [0.15, 0.2) is 11.6 Å². The summed E-state index contributed by atoms with van der Waals surface area (Å²) < 4.78 is 19.1. The van der Waals surface area contributed by atoms with Crippen molar-refractivity contribution in [1.82, 2.24) is 0 Å². The smallest absolute Gasteiger partial charge is 0.170 e. The fourth-order valence-electron chi connectivity index (χ4n) is 1.81. The maximum absolute atomic E-state index is 14.1. The van der Waals surface area contributed by atoms with Gasteiger partial charge in [0.2, 0.25) is 0 Å². The average molecular weight is 300 g/mol. The molecule has 19 heavy (non-hydrogen) atoms. The number of hydrogen-bond donors (Lipinski definition) is 1. The molecule has 0 heterocycles. The van der Waals surface area contributed by atoms with Crippen LogP contribution in [0.3, 0.4) is 0 Å². The van der Waals surface area contributed by atoms with E-state index in [0.717, 1.165) is 0 Å². The molecule has 0 radical (unpaired) electrons. The van der Waals surface area contributed by atoms with Crippen LogP contribution in [0.4, 0.5) is 4.39 Å². The molecule has 0 amide bonds. The zero-order valence-electron chi connectivity index (χ0n) is 10.2. The van der Waals surface area contributed by atoms with Crippen molar-refractivity contribution < 1.29 is 9.13 Å². The Balaban J connectivity index is 2.43. The molecule has 0 bridgehead atoms. The molecule has 0 aliphatic heterocycles.